The maximum atomic E-state index is 4.21. The van der Waals surface area contributed by atoms with Gasteiger partial charge in [0.2, 0.25) is 0 Å². The second kappa shape index (κ2) is 4.95. The second-order valence-corrected chi connectivity index (χ2v) is 5.45. The van der Waals surface area contributed by atoms with Gasteiger partial charge in [-0.2, -0.15) is 0 Å². The van der Waals surface area contributed by atoms with Crippen molar-refractivity contribution in [1.29, 1.82) is 0 Å². The van der Waals surface area contributed by atoms with Crippen LogP contribution in [-0.2, 0) is 0 Å². The van der Waals surface area contributed by atoms with Crippen LogP contribution < -0.4 is 0 Å². The van der Waals surface area contributed by atoms with Crippen LogP contribution in [0.15, 0.2) is 4.99 Å². The van der Waals surface area contributed by atoms with Crippen molar-refractivity contribution >= 4 is 28.9 Å². The molecule has 0 aromatic heterocycles. The fourth-order valence-corrected chi connectivity index (χ4v) is 1.24. The van der Waals surface area contributed by atoms with Crippen molar-refractivity contribution < 1.29 is 0 Å². The largest absolute Gasteiger partial charge is 0.349 e. The molecule has 0 aliphatic carbocycles. The van der Waals surface area contributed by atoms with Gasteiger partial charge in [0.1, 0.15) is 0 Å². The highest BCUT2D eigenvalue weighted by atomic mass is 127. The van der Waals surface area contributed by atoms with Gasteiger partial charge in [-0.25, -0.2) is 0 Å². The van der Waals surface area contributed by atoms with Gasteiger partial charge in [0.05, 0.1) is 9.88 Å². The van der Waals surface area contributed by atoms with Gasteiger partial charge in [-0.15, -0.1) is 0 Å². The third-order valence-corrected chi connectivity index (χ3v) is 2.05. The van der Waals surface area contributed by atoms with E-state index in [0.29, 0.717) is 0 Å². The van der Waals surface area contributed by atoms with Crippen molar-refractivity contribution in [1.82, 2.24) is 4.90 Å². The van der Waals surface area contributed by atoms with E-state index < -0.39 is 0 Å². The van der Waals surface area contributed by atoms with E-state index in [1.807, 2.05) is 13.3 Å². The summed E-state index contributed by atoms with van der Waals surface area (Å²) in [5.41, 5.74) is 0. The molecule has 0 rings (SSSR count). The zero-order chi connectivity index (χ0) is 8.91. The van der Waals surface area contributed by atoms with E-state index in [0.717, 1.165) is 13.1 Å². The Balaban J connectivity index is 4.06. The van der Waals surface area contributed by atoms with Crippen molar-refractivity contribution in [2.24, 2.45) is 4.99 Å². The lowest BCUT2D eigenvalue weighted by atomic mass is 10.3. The molecule has 0 amide bonds. The average molecular weight is 268 g/mol. The molecular weight excluding hydrogens is 251 g/mol. The van der Waals surface area contributed by atoms with Crippen molar-refractivity contribution in [2.45, 2.75) is 31.2 Å². The van der Waals surface area contributed by atoms with E-state index in [9.17, 15) is 0 Å². The van der Waals surface area contributed by atoms with Crippen molar-refractivity contribution in [3.63, 3.8) is 0 Å². The van der Waals surface area contributed by atoms with Gasteiger partial charge in [0, 0.05) is 13.1 Å². The molecule has 0 N–H and O–H groups in total. The van der Waals surface area contributed by atoms with Gasteiger partial charge < -0.3 is 4.90 Å². The summed E-state index contributed by atoms with van der Waals surface area (Å²) in [5, 5.41) is 0. The van der Waals surface area contributed by atoms with E-state index in [1.165, 1.54) is 0 Å². The zero-order valence-corrected chi connectivity index (χ0v) is 9.92. The average Bonchev–Trinajstić information content (AvgIpc) is 1.87. The van der Waals surface area contributed by atoms with Crippen molar-refractivity contribution in [3.8, 4) is 0 Å². The number of nitrogens with zero attached hydrogens (tertiary/aromatic N) is 2. The summed E-state index contributed by atoms with van der Waals surface area (Å²) in [5.74, 6) is 0. The second-order valence-electron chi connectivity index (χ2n) is 2.81. The lowest BCUT2D eigenvalue weighted by molar-refractivity contribution is 0.359. The minimum Gasteiger partial charge on any atom is -0.349 e. The van der Waals surface area contributed by atoms with Crippen LogP contribution in [0.4, 0.5) is 0 Å². The Morgan fingerprint density at radius 3 is 2.27 bits per heavy atom. The molecule has 0 aromatic carbocycles. The Morgan fingerprint density at radius 1 is 1.45 bits per heavy atom. The summed E-state index contributed by atoms with van der Waals surface area (Å²) < 4.78 is 0.172. The summed E-state index contributed by atoms with van der Waals surface area (Å²) in [6, 6.07) is 0. The molecule has 0 radical (unpaired) electrons. The number of aliphatic imine (C=N–C) groups is 1. The van der Waals surface area contributed by atoms with Gasteiger partial charge in [0.25, 0.3) is 0 Å². The Hall–Kier alpha value is 0.200. The minimum atomic E-state index is 0.172. The van der Waals surface area contributed by atoms with Crippen LogP contribution in [0.2, 0.25) is 0 Å². The summed E-state index contributed by atoms with van der Waals surface area (Å²) >= 11 is 2.41. The highest BCUT2D eigenvalue weighted by molar-refractivity contribution is 14.1. The first-order valence-corrected chi connectivity index (χ1v) is 5.05. The van der Waals surface area contributed by atoms with Crippen LogP contribution in [-0.4, -0.2) is 27.9 Å². The number of halogens is 1. The molecule has 11 heavy (non-hydrogen) atoms. The summed E-state index contributed by atoms with van der Waals surface area (Å²) in [6.07, 6.45) is 1.94. The minimum absolute atomic E-state index is 0.172. The standard InChI is InChI=1S/C8H17IN2/c1-5-10-7-11(6-2)8(3,4)9/h7H,5-6H2,1-4H3/b10-7-. The quantitative estimate of drug-likeness (QED) is 0.251. The maximum Gasteiger partial charge on any atom is 0.0869 e. The predicted molar refractivity (Wildman–Crippen MR) is 59.5 cm³/mol. The highest BCUT2D eigenvalue weighted by Crippen LogP contribution is 2.20. The maximum absolute atomic E-state index is 4.21. The van der Waals surface area contributed by atoms with Gasteiger partial charge in [0.15, 0.2) is 0 Å². The van der Waals surface area contributed by atoms with Crippen LogP contribution >= 0.6 is 22.6 Å². The number of alkyl halides is 1. The lowest BCUT2D eigenvalue weighted by Crippen LogP contribution is -2.37. The SMILES string of the molecule is CC/N=C\N(CC)C(C)(C)I. The normalized spacial score (nSPS) is 12.5. The Bertz CT molecular complexity index is 127. The molecule has 0 aromatic rings. The van der Waals surface area contributed by atoms with Gasteiger partial charge >= 0.3 is 0 Å². The number of rotatable bonds is 4. The molecule has 0 saturated carbocycles. The summed E-state index contributed by atoms with van der Waals surface area (Å²) in [7, 11) is 0. The molecule has 66 valence electrons. The van der Waals surface area contributed by atoms with Crippen molar-refractivity contribution in [3.05, 3.63) is 0 Å². The number of hydrogen-bond acceptors (Lipinski definition) is 1. The molecular formula is C8H17IN2. The third kappa shape index (κ3) is 4.61. The van der Waals surface area contributed by atoms with E-state index >= 15 is 0 Å². The first-order valence-electron chi connectivity index (χ1n) is 3.98. The van der Waals surface area contributed by atoms with E-state index in [4.69, 9.17) is 0 Å². The summed E-state index contributed by atoms with van der Waals surface area (Å²) in [6.45, 7) is 10.4. The van der Waals surface area contributed by atoms with Crippen molar-refractivity contribution in [2.75, 3.05) is 13.1 Å². The smallest absolute Gasteiger partial charge is 0.0869 e. The lowest BCUT2D eigenvalue weighted by Gasteiger charge is -2.30. The topological polar surface area (TPSA) is 15.6 Å². The van der Waals surface area contributed by atoms with Gasteiger partial charge in [-0.1, -0.05) is 22.6 Å². The molecule has 2 nitrogen and oxygen atoms in total. The molecule has 0 spiro atoms. The van der Waals surface area contributed by atoms with Crippen LogP contribution in [0.1, 0.15) is 27.7 Å². The van der Waals surface area contributed by atoms with Gasteiger partial charge in [-0.3, -0.25) is 4.99 Å². The molecule has 0 atom stereocenters. The molecule has 3 heteroatoms. The molecule has 0 aliphatic heterocycles. The molecule has 0 bridgehead atoms. The van der Waals surface area contributed by atoms with Crippen LogP contribution in [0, 0.1) is 0 Å². The Morgan fingerprint density at radius 2 is 2.00 bits per heavy atom. The van der Waals surface area contributed by atoms with Gasteiger partial charge in [-0.05, 0) is 27.7 Å². The summed E-state index contributed by atoms with van der Waals surface area (Å²) in [4.78, 5) is 6.42. The molecule has 0 saturated heterocycles. The predicted octanol–water partition coefficient (Wildman–Crippen LogP) is 2.53. The number of hydrogen-bond donors (Lipinski definition) is 0. The van der Waals surface area contributed by atoms with Crippen LogP contribution in [0.5, 0.6) is 0 Å². The first-order chi connectivity index (χ1) is 5.02. The Labute approximate surface area is 83.2 Å². The first kappa shape index (κ1) is 11.2. The Kier molecular flexibility index (Phi) is 5.04. The van der Waals surface area contributed by atoms with Crippen LogP contribution in [0.25, 0.3) is 0 Å². The molecule has 0 heterocycles. The highest BCUT2D eigenvalue weighted by Gasteiger charge is 2.17. The fraction of sp³-hybridized carbons (Fsp3) is 0.875. The molecule has 0 fully saturated rings. The van der Waals surface area contributed by atoms with E-state index in [-0.39, 0.29) is 3.55 Å². The monoisotopic (exact) mass is 268 g/mol. The van der Waals surface area contributed by atoms with Crippen LogP contribution in [0.3, 0.4) is 0 Å². The van der Waals surface area contributed by atoms with E-state index in [2.05, 4.69) is 53.3 Å². The third-order valence-electron chi connectivity index (χ3n) is 1.43. The molecule has 0 aliphatic rings. The fourth-order valence-electron chi connectivity index (χ4n) is 0.775. The molecule has 0 unspecified atom stereocenters. The zero-order valence-electron chi connectivity index (χ0n) is 7.76. The van der Waals surface area contributed by atoms with E-state index in [1.54, 1.807) is 0 Å².